The average molecular weight is 649 g/mol. The number of hydrogen-bond acceptors (Lipinski definition) is 8. The largest absolute Gasteiger partial charge is 0.390 e. The van der Waals surface area contributed by atoms with Gasteiger partial charge in [-0.2, -0.15) is 0 Å². The molecule has 11 nitrogen and oxygen atoms in total. The van der Waals surface area contributed by atoms with Crippen LogP contribution >= 0.6 is 0 Å². The summed E-state index contributed by atoms with van der Waals surface area (Å²) in [5.74, 6) is -0.409. The van der Waals surface area contributed by atoms with Gasteiger partial charge in [0.15, 0.2) is 0 Å². The van der Waals surface area contributed by atoms with E-state index < -0.39 is 42.3 Å². The molecule has 0 radical (unpaired) electrons. The average Bonchev–Trinajstić information content (AvgIpc) is 3.03. The van der Waals surface area contributed by atoms with Gasteiger partial charge in [-0.25, -0.2) is 4.98 Å². The van der Waals surface area contributed by atoms with Gasteiger partial charge in [0, 0.05) is 26.6 Å². The van der Waals surface area contributed by atoms with E-state index in [0.717, 1.165) is 31.4 Å². The first-order valence-electron chi connectivity index (χ1n) is 16.9. The number of nitrogens with one attached hydrogen (secondary N) is 3. The number of aromatic nitrogens is 1. The van der Waals surface area contributed by atoms with Crippen LogP contribution in [0, 0.1) is 17.3 Å². The van der Waals surface area contributed by atoms with Crippen molar-refractivity contribution >= 4 is 29.3 Å². The number of carbonyl (C=O) groups excluding carboxylic acids is 4. The van der Waals surface area contributed by atoms with Crippen LogP contribution in [0.3, 0.4) is 0 Å². The Balaban J connectivity index is 1.55. The first kappa shape index (κ1) is 36.0. The van der Waals surface area contributed by atoms with Crippen LogP contribution in [-0.2, 0) is 20.8 Å². The number of amides is 3. The summed E-state index contributed by atoms with van der Waals surface area (Å²) in [5, 5.41) is 20.2. The minimum atomic E-state index is -1.29. The molecule has 1 saturated carbocycles. The van der Waals surface area contributed by atoms with Crippen molar-refractivity contribution in [2.75, 3.05) is 25.5 Å². The van der Waals surface area contributed by atoms with Crippen LogP contribution in [0.15, 0.2) is 48.5 Å². The third kappa shape index (κ3) is 10.6. The van der Waals surface area contributed by atoms with E-state index in [9.17, 15) is 24.3 Å². The summed E-state index contributed by atoms with van der Waals surface area (Å²) >= 11 is 0. The van der Waals surface area contributed by atoms with Crippen LogP contribution in [0.5, 0.6) is 0 Å². The Labute approximate surface area is 278 Å². The monoisotopic (exact) mass is 648 g/mol. The SMILES string of the molecule is CNc1cccc(C(=O)N[C@@H](CC(N)=O)C(=O)N[C@@H](Cc2ccccc2)[C@@H](O)CN2C[C@@H]3CCCC[C@@H]3C[C@@H]2C(=O)CC(C)(C)C)n1. The van der Waals surface area contributed by atoms with Crippen LogP contribution in [0.4, 0.5) is 5.82 Å². The molecule has 47 heavy (non-hydrogen) atoms. The van der Waals surface area contributed by atoms with Gasteiger partial charge in [-0.3, -0.25) is 24.1 Å². The molecule has 0 unspecified atom stereocenters. The van der Waals surface area contributed by atoms with Gasteiger partial charge in [-0.1, -0.05) is 76.4 Å². The molecule has 256 valence electrons. The number of ketones is 1. The van der Waals surface area contributed by atoms with Gasteiger partial charge in [0.05, 0.1) is 24.6 Å². The highest BCUT2D eigenvalue weighted by atomic mass is 16.3. The first-order chi connectivity index (χ1) is 22.3. The maximum absolute atomic E-state index is 13.7. The number of β-amino-alcohol motifs (C(OH)–C–C–N with tert-alkyl or cyclic N) is 1. The predicted octanol–water partition coefficient (Wildman–Crippen LogP) is 3.07. The number of Topliss-reactive ketones (excluding diaryl/α,β-unsaturated/α-hetero) is 1. The third-order valence-corrected chi connectivity index (χ3v) is 9.36. The molecule has 1 aliphatic heterocycles. The lowest BCUT2D eigenvalue weighted by molar-refractivity contribution is -0.131. The number of aliphatic hydroxyl groups is 1. The molecular weight excluding hydrogens is 596 g/mol. The van der Waals surface area contributed by atoms with E-state index in [1.165, 1.54) is 18.9 Å². The maximum Gasteiger partial charge on any atom is 0.270 e. The Bertz CT molecular complexity index is 1380. The van der Waals surface area contributed by atoms with Crippen LogP contribution < -0.4 is 21.7 Å². The Kier molecular flexibility index (Phi) is 12.5. The number of likely N-dealkylation sites (tertiary alicyclic amines) is 1. The fraction of sp³-hybridized carbons (Fsp3) is 0.583. The molecule has 2 aromatic rings. The normalized spacial score (nSPS) is 21.9. The number of anilines is 1. The van der Waals surface area contributed by atoms with Gasteiger partial charge in [-0.05, 0) is 54.2 Å². The number of benzene rings is 1. The highest BCUT2D eigenvalue weighted by Gasteiger charge is 2.42. The van der Waals surface area contributed by atoms with E-state index in [-0.39, 0.29) is 29.5 Å². The van der Waals surface area contributed by atoms with Gasteiger partial charge >= 0.3 is 0 Å². The van der Waals surface area contributed by atoms with E-state index in [4.69, 9.17) is 5.73 Å². The molecule has 6 atom stereocenters. The van der Waals surface area contributed by atoms with Crippen molar-refractivity contribution in [1.82, 2.24) is 20.5 Å². The number of carbonyl (C=O) groups is 4. The van der Waals surface area contributed by atoms with Crippen molar-refractivity contribution in [2.45, 2.75) is 96.4 Å². The lowest BCUT2D eigenvalue weighted by Crippen LogP contribution is -2.59. The Morgan fingerprint density at radius 1 is 1.00 bits per heavy atom. The predicted molar refractivity (Wildman–Crippen MR) is 181 cm³/mol. The van der Waals surface area contributed by atoms with E-state index in [2.05, 4.69) is 46.6 Å². The number of aliphatic hydroxyl groups excluding tert-OH is 1. The standard InChI is InChI=1S/C36H52N6O5/c1-36(2,3)20-30(43)29-18-24-13-8-9-14-25(24)21-42(29)22-31(44)27(17-23-11-6-5-7-12-23)40-35(47)28(19-32(37)45)41-34(46)26-15-10-16-33(38-4)39-26/h5-7,10-12,15-16,24-25,27-29,31,44H,8-9,13-14,17-22H2,1-4H3,(H2,37,45)(H,38,39)(H,40,47)(H,41,46)/t24-,25+,27+,28+,29-,31+/m1/s1. The highest BCUT2D eigenvalue weighted by molar-refractivity contribution is 5.98. The smallest absolute Gasteiger partial charge is 0.270 e. The first-order valence-corrected chi connectivity index (χ1v) is 16.9. The lowest BCUT2D eigenvalue weighted by atomic mass is 9.71. The summed E-state index contributed by atoms with van der Waals surface area (Å²) in [6.07, 6.45) is 4.68. The van der Waals surface area contributed by atoms with Crippen LogP contribution in [0.25, 0.3) is 0 Å². The van der Waals surface area contributed by atoms with Crippen molar-refractivity contribution < 1.29 is 24.3 Å². The zero-order valence-corrected chi connectivity index (χ0v) is 28.2. The topological polar surface area (TPSA) is 167 Å². The zero-order chi connectivity index (χ0) is 34.1. The molecule has 1 aliphatic carbocycles. The molecule has 2 fully saturated rings. The maximum atomic E-state index is 13.7. The second kappa shape index (κ2) is 16.3. The van der Waals surface area contributed by atoms with Gasteiger partial charge in [0.2, 0.25) is 11.8 Å². The highest BCUT2D eigenvalue weighted by Crippen LogP contribution is 2.40. The quantitative estimate of drug-likeness (QED) is 0.208. The molecule has 2 heterocycles. The fourth-order valence-electron chi connectivity index (χ4n) is 7.02. The molecule has 2 aliphatic rings. The molecule has 0 spiro atoms. The molecule has 3 amide bonds. The number of pyridine rings is 1. The molecule has 1 saturated heterocycles. The number of fused-ring (bicyclic) bond motifs is 1. The molecule has 4 rings (SSSR count). The summed E-state index contributed by atoms with van der Waals surface area (Å²) < 4.78 is 0. The molecule has 1 aromatic heterocycles. The number of primary amides is 1. The number of rotatable bonds is 14. The van der Waals surface area contributed by atoms with Crippen molar-refractivity contribution in [3.63, 3.8) is 0 Å². The lowest BCUT2D eigenvalue weighted by Gasteiger charge is -2.47. The van der Waals surface area contributed by atoms with Crippen molar-refractivity contribution in [2.24, 2.45) is 23.0 Å². The van der Waals surface area contributed by atoms with Crippen molar-refractivity contribution in [3.05, 3.63) is 59.8 Å². The Morgan fingerprint density at radius 2 is 1.70 bits per heavy atom. The second-order valence-corrected chi connectivity index (χ2v) is 14.4. The summed E-state index contributed by atoms with van der Waals surface area (Å²) in [6.45, 7) is 7.13. The molecule has 0 bridgehead atoms. The van der Waals surface area contributed by atoms with Crippen LogP contribution in [0.2, 0.25) is 0 Å². The minimum absolute atomic E-state index is 0.0667. The Hall–Kier alpha value is -3.83. The Morgan fingerprint density at radius 3 is 2.36 bits per heavy atom. The summed E-state index contributed by atoms with van der Waals surface area (Å²) in [4.78, 5) is 58.9. The summed E-state index contributed by atoms with van der Waals surface area (Å²) in [5.41, 5.74) is 6.29. The van der Waals surface area contributed by atoms with E-state index >= 15 is 0 Å². The molecular formula is C36H52N6O5. The second-order valence-electron chi connectivity index (χ2n) is 14.4. The molecule has 6 N–H and O–H groups in total. The minimum Gasteiger partial charge on any atom is -0.390 e. The number of nitrogens with two attached hydrogens (primary N) is 1. The van der Waals surface area contributed by atoms with Gasteiger partial charge in [-0.15, -0.1) is 0 Å². The van der Waals surface area contributed by atoms with E-state index in [1.807, 2.05) is 30.3 Å². The van der Waals surface area contributed by atoms with Crippen LogP contribution in [0.1, 0.15) is 81.8 Å². The molecule has 11 heteroatoms. The van der Waals surface area contributed by atoms with Crippen molar-refractivity contribution in [3.8, 4) is 0 Å². The van der Waals surface area contributed by atoms with Crippen LogP contribution in [-0.4, -0.2) is 82.9 Å². The zero-order valence-electron chi connectivity index (χ0n) is 28.2. The number of hydrogen-bond donors (Lipinski definition) is 5. The van der Waals surface area contributed by atoms with E-state index in [0.29, 0.717) is 30.5 Å². The number of nitrogens with zero attached hydrogens (tertiary/aromatic N) is 2. The third-order valence-electron chi connectivity index (χ3n) is 9.36. The summed E-state index contributed by atoms with van der Waals surface area (Å²) in [6, 6.07) is 12.0. The van der Waals surface area contributed by atoms with E-state index in [1.54, 1.807) is 19.2 Å². The number of piperidine rings is 1. The van der Waals surface area contributed by atoms with Gasteiger partial charge in [0.25, 0.3) is 5.91 Å². The van der Waals surface area contributed by atoms with Crippen molar-refractivity contribution in [1.29, 1.82) is 0 Å². The van der Waals surface area contributed by atoms with Gasteiger partial charge in [0.1, 0.15) is 23.3 Å². The molecule has 1 aromatic carbocycles. The fourth-order valence-corrected chi connectivity index (χ4v) is 7.02. The van der Waals surface area contributed by atoms with Gasteiger partial charge < -0.3 is 26.8 Å². The summed E-state index contributed by atoms with van der Waals surface area (Å²) in [7, 11) is 1.67.